The van der Waals surface area contributed by atoms with E-state index in [0.717, 1.165) is 31.1 Å². The van der Waals surface area contributed by atoms with Crippen molar-refractivity contribution in [3.8, 4) is 0 Å². The molecule has 6 heteroatoms. The van der Waals surface area contributed by atoms with Gasteiger partial charge in [0.05, 0.1) is 17.7 Å². The number of anilines is 1. The van der Waals surface area contributed by atoms with Crippen LogP contribution in [0, 0.1) is 6.92 Å². The summed E-state index contributed by atoms with van der Waals surface area (Å²) in [6.45, 7) is 4.97. The van der Waals surface area contributed by atoms with Gasteiger partial charge < -0.3 is 9.47 Å². The molecule has 1 fully saturated rings. The first kappa shape index (κ1) is 15.3. The fraction of sp³-hybridized carbons (Fsp3) is 0.389. The molecule has 0 amide bonds. The van der Waals surface area contributed by atoms with E-state index in [1.54, 1.807) is 11.3 Å². The molecule has 0 N–H and O–H groups in total. The number of piperidine rings is 1. The van der Waals surface area contributed by atoms with Crippen molar-refractivity contribution >= 4 is 17.2 Å². The van der Waals surface area contributed by atoms with Crippen molar-refractivity contribution < 1.29 is 0 Å². The second-order valence-corrected chi connectivity index (χ2v) is 7.09. The number of imidazole rings is 1. The van der Waals surface area contributed by atoms with Gasteiger partial charge >= 0.3 is 0 Å². The van der Waals surface area contributed by atoms with Crippen molar-refractivity contribution in [2.75, 3.05) is 18.0 Å². The van der Waals surface area contributed by atoms with Gasteiger partial charge in [0, 0.05) is 43.0 Å². The lowest BCUT2D eigenvalue weighted by Crippen LogP contribution is -2.36. The van der Waals surface area contributed by atoms with Gasteiger partial charge in [-0.05, 0) is 37.5 Å². The van der Waals surface area contributed by atoms with Crippen LogP contribution in [0.1, 0.15) is 35.8 Å². The number of aromatic nitrogens is 4. The lowest BCUT2D eigenvalue weighted by molar-refractivity contribution is 0.473. The molecule has 3 aromatic rings. The molecule has 0 radical (unpaired) electrons. The standard InChI is InChI=1S/C18H21N5S/c1-14-4-5-19-17(9-14)22-7-2-3-15(10-22)18-20-6-8-23(18)11-16-12-24-13-21-16/h4-6,8-9,12-13,15H,2-3,7,10-11H2,1H3. The topological polar surface area (TPSA) is 46.8 Å². The minimum Gasteiger partial charge on any atom is -0.356 e. The number of hydrogen-bond donors (Lipinski definition) is 0. The van der Waals surface area contributed by atoms with Crippen LogP contribution in [0.5, 0.6) is 0 Å². The molecule has 1 atom stereocenters. The van der Waals surface area contributed by atoms with Gasteiger partial charge in [0.25, 0.3) is 0 Å². The average Bonchev–Trinajstić information content (AvgIpc) is 3.27. The van der Waals surface area contributed by atoms with Gasteiger partial charge in [-0.3, -0.25) is 0 Å². The third-order valence-electron chi connectivity index (χ3n) is 4.58. The third-order valence-corrected chi connectivity index (χ3v) is 5.21. The molecule has 4 heterocycles. The Morgan fingerprint density at radius 1 is 1.25 bits per heavy atom. The van der Waals surface area contributed by atoms with Crippen molar-refractivity contribution in [2.24, 2.45) is 0 Å². The van der Waals surface area contributed by atoms with Crippen LogP contribution in [0.25, 0.3) is 0 Å². The monoisotopic (exact) mass is 339 g/mol. The van der Waals surface area contributed by atoms with Crippen molar-refractivity contribution in [1.82, 2.24) is 19.5 Å². The first-order valence-corrected chi connectivity index (χ1v) is 9.29. The van der Waals surface area contributed by atoms with E-state index in [-0.39, 0.29) is 0 Å². The molecule has 4 rings (SSSR count). The van der Waals surface area contributed by atoms with Crippen LogP contribution in [0.4, 0.5) is 5.82 Å². The number of pyridine rings is 1. The first-order valence-electron chi connectivity index (χ1n) is 8.35. The molecule has 1 unspecified atom stereocenters. The van der Waals surface area contributed by atoms with Crippen LogP contribution < -0.4 is 4.90 Å². The lowest BCUT2D eigenvalue weighted by atomic mass is 9.97. The zero-order valence-electron chi connectivity index (χ0n) is 13.8. The molecule has 0 aliphatic carbocycles. The van der Waals surface area contributed by atoms with E-state index in [2.05, 4.69) is 49.0 Å². The average molecular weight is 339 g/mol. The molecule has 0 aromatic carbocycles. The predicted octanol–water partition coefficient (Wildman–Crippen LogP) is 3.48. The molecule has 24 heavy (non-hydrogen) atoms. The van der Waals surface area contributed by atoms with E-state index in [0.29, 0.717) is 5.92 Å². The SMILES string of the molecule is Cc1ccnc(N2CCCC(c3nccn3Cc3cscn3)C2)c1. The van der Waals surface area contributed by atoms with Gasteiger partial charge in [0.15, 0.2) is 0 Å². The molecule has 0 saturated carbocycles. The highest BCUT2D eigenvalue weighted by molar-refractivity contribution is 7.07. The predicted molar refractivity (Wildman–Crippen MR) is 96.6 cm³/mol. The second kappa shape index (κ2) is 6.73. The third kappa shape index (κ3) is 3.19. The Kier molecular flexibility index (Phi) is 4.30. The van der Waals surface area contributed by atoms with E-state index >= 15 is 0 Å². The summed E-state index contributed by atoms with van der Waals surface area (Å²) in [6.07, 6.45) is 8.22. The van der Waals surface area contributed by atoms with Crippen LogP contribution in [0.15, 0.2) is 41.6 Å². The smallest absolute Gasteiger partial charge is 0.128 e. The van der Waals surface area contributed by atoms with Crippen LogP contribution in [0.2, 0.25) is 0 Å². The van der Waals surface area contributed by atoms with Crippen LogP contribution in [-0.4, -0.2) is 32.6 Å². The summed E-state index contributed by atoms with van der Waals surface area (Å²) >= 11 is 1.64. The normalized spacial score (nSPS) is 18.0. The highest BCUT2D eigenvalue weighted by atomic mass is 32.1. The number of hydrogen-bond acceptors (Lipinski definition) is 5. The van der Waals surface area contributed by atoms with Gasteiger partial charge in [0.2, 0.25) is 0 Å². The minimum atomic E-state index is 0.440. The molecule has 124 valence electrons. The van der Waals surface area contributed by atoms with Crippen LogP contribution in [-0.2, 0) is 6.54 Å². The summed E-state index contributed by atoms with van der Waals surface area (Å²) in [6, 6.07) is 4.22. The Morgan fingerprint density at radius 3 is 3.04 bits per heavy atom. The van der Waals surface area contributed by atoms with Crippen LogP contribution >= 0.6 is 11.3 Å². The Hall–Kier alpha value is -2.21. The zero-order chi connectivity index (χ0) is 16.4. The molecule has 5 nitrogen and oxygen atoms in total. The number of rotatable bonds is 4. The van der Waals surface area contributed by atoms with Crippen molar-refractivity contribution in [1.29, 1.82) is 0 Å². The summed E-state index contributed by atoms with van der Waals surface area (Å²) in [5.74, 6) is 2.69. The highest BCUT2D eigenvalue weighted by Crippen LogP contribution is 2.29. The fourth-order valence-electron chi connectivity index (χ4n) is 3.39. The summed E-state index contributed by atoms with van der Waals surface area (Å²) in [4.78, 5) is 16.0. The van der Waals surface area contributed by atoms with Gasteiger partial charge in [-0.25, -0.2) is 15.0 Å². The largest absolute Gasteiger partial charge is 0.356 e. The number of aryl methyl sites for hydroxylation is 1. The van der Waals surface area contributed by atoms with Crippen molar-refractivity contribution in [3.05, 3.63) is 58.7 Å². The maximum absolute atomic E-state index is 4.66. The highest BCUT2D eigenvalue weighted by Gasteiger charge is 2.25. The molecule has 1 aliphatic heterocycles. The summed E-state index contributed by atoms with van der Waals surface area (Å²) < 4.78 is 2.24. The Bertz CT molecular complexity index is 795. The van der Waals surface area contributed by atoms with E-state index < -0.39 is 0 Å². The maximum Gasteiger partial charge on any atom is 0.128 e. The molecule has 1 saturated heterocycles. The first-order chi connectivity index (χ1) is 11.8. The summed E-state index contributed by atoms with van der Waals surface area (Å²) in [7, 11) is 0. The quantitative estimate of drug-likeness (QED) is 0.730. The van der Waals surface area contributed by atoms with E-state index in [1.807, 2.05) is 24.0 Å². The zero-order valence-corrected chi connectivity index (χ0v) is 14.6. The summed E-state index contributed by atoms with van der Waals surface area (Å²) in [5, 5.41) is 2.10. The van der Waals surface area contributed by atoms with Gasteiger partial charge in [0.1, 0.15) is 11.6 Å². The van der Waals surface area contributed by atoms with E-state index in [1.165, 1.54) is 24.2 Å². The van der Waals surface area contributed by atoms with Crippen molar-refractivity contribution in [3.63, 3.8) is 0 Å². The van der Waals surface area contributed by atoms with E-state index in [4.69, 9.17) is 0 Å². The Labute approximate surface area is 146 Å². The fourth-order valence-corrected chi connectivity index (χ4v) is 3.94. The lowest BCUT2D eigenvalue weighted by Gasteiger charge is -2.33. The number of nitrogens with zero attached hydrogens (tertiary/aromatic N) is 5. The molecular formula is C18H21N5S. The Balaban J connectivity index is 1.53. The number of thiazole rings is 1. The Morgan fingerprint density at radius 2 is 2.21 bits per heavy atom. The molecule has 0 bridgehead atoms. The minimum absolute atomic E-state index is 0.440. The van der Waals surface area contributed by atoms with Crippen molar-refractivity contribution in [2.45, 2.75) is 32.2 Å². The van der Waals surface area contributed by atoms with Crippen LogP contribution in [0.3, 0.4) is 0 Å². The van der Waals surface area contributed by atoms with Gasteiger partial charge in [-0.2, -0.15) is 0 Å². The van der Waals surface area contributed by atoms with Gasteiger partial charge in [-0.15, -0.1) is 11.3 Å². The maximum atomic E-state index is 4.66. The molecule has 3 aromatic heterocycles. The molecular weight excluding hydrogens is 318 g/mol. The second-order valence-electron chi connectivity index (χ2n) is 6.37. The molecule has 0 spiro atoms. The molecule has 1 aliphatic rings. The van der Waals surface area contributed by atoms with E-state index in [9.17, 15) is 0 Å². The van der Waals surface area contributed by atoms with Gasteiger partial charge in [-0.1, -0.05) is 0 Å². The summed E-state index contributed by atoms with van der Waals surface area (Å²) in [5.41, 5.74) is 4.25.